The lowest BCUT2D eigenvalue weighted by atomic mass is 10.3. The van der Waals surface area contributed by atoms with Crippen molar-refractivity contribution in [1.82, 2.24) is 19.5 Å². The lowest BCUT2D eigenvalue weighted by Gasteiger charge is -2.09. The lowest BCUT2D eigenvalue weighted by molar-refractivity contribution is 0.634. The first kappa shape index (κ1) is 12.5. The second kappa shape index (κ2) is 6.14. The smallest absolute Gasteiger partial charge is 0.203 e. The molecule has 96 valence electrons. The summed E-state index contributed by atoms with van der Waals surface area (Å²) in [5.74, 6) is 1.70. The molecule has 0 aliphatic rings. The Morgan fingerprint density at radius 2 is 2.17 bits per heavy atom. The molecule has 2 aromatic rings. The largest absolute Gasteiger partial charge is 0.350 e. The molecular weight excluding hydrogens is 226 g/mol. The van der Waals surface area contributed by atoms with Crippen LogP contribution in [0.4, 0.5) is 5.95 Å². The fraction of sp³-hybridized carbons (Fsp3) is 0.462. The predicted octanol–water partition coefficient (Wildman–Crippen LogP) is 2.39. The van der Waals surface area contributed by atoms with Gasteiger partial charge in [-0.1, -0.05) is 13.3 Å². The first-order chi connectivity index (χ1) is 8.79. The summed E-state index contributed by atoms with van der Waals surface area (Å²) in [7, 11) is 0. The fourth-order valence-electron chi connectivity index (χ4n) is 1.76. The molecule has 0 aliphatic heterocycles. The highest BCUT2D eigenvalue weighted by molar-refractivity contribution is 5.26. The maximum atomic E-state index is 4.35. The third-order valence-electron chi connectivity index (χ3n) is 2.73. The minimum absolute atomic E-state index is 0.673. The Balaban J connectivity index is 1.95. The van der Waals surface area contributed by atoms with Crippen molar-refractivity contribution in [3.05, 3.63) is 36.2 Å². The van der Waals surface area contributed by atoms with Crippen LogP contribution in [0.3, 0.4) is 0 Å². The Bertz CT molecular complexity index is 492. The zero-order valence-electron chi connectivity index (χ0n) is 10.9. The van der Waals surface area contributed by atoms with Crippen molar-refractivity contribution in [1.29, 1.82) is 0 Å². The molecule has 0 fully saturated rings. The van der Waals surface area contributed by atoms with Gasteiger partial charge in [-0.05, 0) is 19.4 Å². The highest BCUT2D eigenvalue weighted by atomic mass is 15.2. The van der Waals surface area contributed by atoms with Crippen LogP contribution in [-0.4, -0.2) is 19.5 Å². The molecule has 0 saturated heterocycles. The van der Waals surface area contributed by atoms with E-state index in [-0.39, 0.29) is 0 Å². The molecule has 0 saturated carbocycles. The van der Waals surface area contributed by atoms with Crippen LogP contribution in [0.15, 0.2) is 24.7 Å². The van der Waals surface area contributed by atoms with Crippen LogP contribution < -0.4 is 5.32 Å². The number of unbranched alkanes of at least 4 members (excludes halogenated alkanes) is 1. The molecule has 2 heterocycles. The van der Waals surface area contributed by atoms with Gasteiger partial charge < -0.3 is 9.88 Å². The number of hydrogen-bond donors (Lipinski definition) is 1. The minimum atomic E-state index is 0.673. The van der Waals surface area contributed by atoms with Gasteiger partial charge >= 0.3 is 0 Å². The Kier molecular flexibility index (Phi) is 4.28. The van der Waals surface area contributed by atoms with Gasteiger partial charge in [-0.15, -0.1) is 0 Å². The number of aryl methyl sites for hydroxylation is 2. The van der Waals surface area contributed by atoms with Gasteiger partial charge in [0.15, 0.2) is 0 Å². The van der Waals surface area contributed by atoms with Crippen molar-refractivity contribution in [2.24, 2.45) is 0 Å². The van der Waals surface area contributed by atoms with E-state index in [0.717, 1.165) is 30.4 Å². The third kappa shape index (κ3) is 3.29. The maximum Gasteiger partial charge on any atom is 0.203 e. The first-order valence-electron chi connectivity index (χ1n) is 6.33. The molecule has 2 aromatic heterocycles. The van der Waals surface area contributed by atoms with Crippen LogP contribution in [-0.2, 0) is 13.1 Å². The molecule has 1 N–H and O–H groups in total. The SMILES string of the molecule is CCCCn1ccnc1NCc1ccnc(C)n1. The number of hydrogen-bond acceptors (Lipinski definition) is 4. The van der Waals surface area contributed by atoms with Crippen LogP contribution in [0, 0.1) is 6.92 Å². The summed E-state index contributed by atoms with van der Waals surface area (Å²) in [6.07, 6.45) is 7.95. The summed E-state index contributed by atoms with van der Waals surface area (Å²) < 4.78 is 2.14. The van der Waals surface area contributed by atoms with Gasteiger partial charge in [-0.3, -0.25) is 0 Å². The van der Waals surface area contributed by atoms with Crippen LogP contribution in [0.1, 0.15) is 31.3 Å². The van der Waals surface area contributed by atoms with Crippen molar-refractivity contribution in [3.63, 3.8) is 0 Å². The summed E-state index contributed by atoms with van der Waals surface area (Å²) in [4.78, 5) is 12.8. The summed E-state index contributed by atoms with van der Waals surface area (Å²) in [6, 6.07) is 1.92. The van der Waals surface area contributed by atoms with E-state index in [0.29, 0.717) is 6.54 Å². The monoisotopic (exact) mass is 245 g/mol. The van der Waals surface area contributed by atoms with E-state index in [2.05, 4.69) is 31.8 Å². The van der Waals surface area contributed by atoms with E-state index in [4.69, 9.17) is 0 Å². The van der Waals surface area contributed by atoms with Gasteiger partial charge in [-0.25, -0.2) is 15.0 Å². The van der Waals surface area contributed by atoms with Crippen molar-refractivity contribution in [2.75, 3.05) is 5.32 Å². The molecule has 5 nitrogen and oxygen atoms in total. The van der Waals surface area contributed by atoms with E-state index in [1.54, 1.807) is 6.20 Å². The quantitative estimate of drug-likeness (QED) is 0.849. The second-order valence-corrected chi connectivity index (χ2v) is 4.25. The molecule has 0 spiro atoms. The van der Waals surface area contributed by atoms with Gasteiger partial charge in [0.1, 0.15) is 5.82 Å². The van der Waals surface area contributed by atoms with Gasteiger partial charge in [0.2, 0.25) is 5.95 Å². The maximum absolute atomic E-state index is 4.35. The average molecular weight is 245 g/mol. The molecule has 0 amide bonds. The fourth-order valence-corrected chi connectivity index (χ4v) is 1.76. The summed E-state index contributed by atoms with van der Waals surface area (Å²) >= 11 is 0. The van der Waals surface area contributed by atoms with E-state index < -0.39 is 0 Å². The number of rotatable bonds is 6. The van der Waals surface area contributed by atoms with Crippen LogP contribution in [0.25, 0.3) is 0 Å². The topological polar surface area (TPSA) is 55.6 Å². The average Bonchev–Trinajstić information content (AvgIpc) is 2.81. The molecule has 0 unspecified atom stereocenters. The predicted molar refractivity (Wildman–Crippen MR) is 71.2 cm³/mol. The van der Waals surface area contributed by atoms with Crippen LogP contribution >= 0.6 is 0 Å². The Hall–Kier alpha value is -1.91. The third-order valence-corrected chi connectivity index (χ3v) is 2.73. The molecule has 2 rings (SSSR count). The highest BCUT2D eigenvalue weighted by Gasteiger charge is 2.02. The molecule has 18 heavy (non-hydrogen) atoms. The van der Waals surface area contributed by atoms with Gasteiger partial charge in [0.05, 0.1) is 12.2 Å². The number of anilines is 1. The Labute approximate surface area is 107 Å². The number of imidazole rings is 1. The molecule has 0 aliphatic carbocycles. The van der Waals surface area contributed by atoms with Crippen molar-refractivity contribution in [3.8, 4) is 0 Å². The molecule has 0 atom stereocenters. The van der Waals surface area contributed by atoms with Crippen molar-refractivity contribution < 1.29 is 0 Å². The molecule has 0 bridgehead atoms. The highest BCUT2D eigenvalue weighted by Crippen LogP contribution is 2.08. The van der Waals surface area contributed by atoms with Gasteiger partial charge in [0.25, 0.3) is 0 Å². The zero-order valence-corrected chi connectivity index (χ0v) is 10.9. The Morgan fingerprint density at radius 3 is 2.94 bits per heavy atom. The molecular formula is C13H19N5. The number of nitrogens with one attached hydrogen (secondary N) is 1. The van der Waals surface area contributed by atoms with Gasteiger partial charge in [-0.2, -0.15) is 0 Å². The standard InChI is InChI=1S/C13H19N5/c1-3-4-8-18-9-7-15-13(18)16-10-12-5-6-14-11(2)17-12/h5-7,9H,3-4,8,10H2,1-2H3,(H,15,16). The van der Waals surface area contributed by atoms with Crippen LogP contribution in [0.5, 0.6) is 0 Å². The summed E-state index contributed by atoms with van der Waals surface area (Å²) in [6.45, 7) is 5.76. The summed E-state index contributed by atoms with van der Waals surface area (Å²) in [5.41, 5.74) is 0.979. The van der Waals surface area contributed by atoms with E-state index >= 15 is 0 Å². The molecule has 5 heteroatoms. The number of nitrogens with zero attached hydrogens (tertiary/aromatic N) is 4. The van der Waals surface area contributed by atoms with Gasteiger partial charge in [0, 0.05) is 25.1 Å². The normalized spacial score (nSPS) is 10.6. The van der Waals surface area contributed by atoms with Crippen LogP contribution in [0.2, 0.25) is 0 Å². The van der Waals surface area contributed by atoms with E-state index in [1.807, 2.05) is 25.4 Å². The second-order valence-electron chi connectivity index (χ2n) is 4.25. The number of aromatic nitrogens is 4. The van der Waals surface area contributed by atoms with E-state index in [9.17, 15) is 0 Å². The summed E-state index contributed by atoms with van der Waals surface area (Å²) in [5, 5.41) is 3.31. The van der Waals surface area contributed by atoms with Crippen molar-refractivity contribution >= 4 is 5.95 Å². The minimum Gasteiger partial charge on any atom is -0.350 e. The molecule has 0 radical (unpaired) electrons. The molecule has 0 aromatic carbocycles. The van der Waals surface area contributed by atoms with E-state index in [1.165, 1.54) is 6.42 Å². The zero-order chi connectivity index (χ0) is 12.8. The first-order valence-corrected chi connectivity index (χ1v) is 6.33. The van der Waals surface area contributed by atoms with Crippen molar-refractivity contribution in [2.45, 2.75) is 39.8 Å². The lowest BCUT2D eigenvalue weighted by Crippen LogP contribution is -2.09. The Morgan fingerprint density at radius 1 is 1.28 bits per heavy atom.